The molecule has 0 aliphatic carbocycles. The van der Waals surface area contributed by atoms with Gasteiger partial charge in [0.05, 0.1) is 19.5 Å². The van der Waals surface area contributed by atoms with Crippen molar-refractivity contribution in [2.45, 2.75) is 234 Å². The Hall–Kier alpha value is -8.20. The average molecular weight is 1420 g/mol. The number of likely N-dealkylation sites (tertiary alicyclic amines) is 1. The highest BCUT2D eigenvalue weighted by atomic mass is 16.5. The number of amides is 12. The minimum atomic E-state index is -1.45. The van der Waals surface area contributed by atoms with Crippen LogP contribution in [-0.4, -0.2) is 250 Å². The molecule has 1 aromatic carbocycles. The van der Waals surface area contributed by atoms with E-state index in [2.05, 4.69) is 31.4 Å². The number of likely N-dealkylation sites (N-methyl/N-ethyl adjacent to an activating group) is 6. The van der Waals surface area contributed by atoms with E-state index in [0.29, 0.717) is 44.3 Å². The number of aromatic amines is 1. The van der Waals surface area contributed by atoms with E-state index in [1.54, 1.807) is 49.1 Å². The monoisotopic (exact) mass is 1420 g/mol. The van der Waals surface area contributed by atoms with E-state index in [9.17, 15) is 24.0 Å². The predicted octanol–water partition coefficient (Wildman–Crippen LogP) is 4.00. The molecule has 28 heteroatoms. The van der Waals surface area contributed by atoms with Crippen LogP contribution >= 0.6 is 0 Å². The lowest BCUT2D eigenvalue weighted by Gasteiger charge is -2.37. The van der Waals surface area contributed by atoms with Crippen LogP contribution in [0.1, 0.15) is 178 Å². The summed E-state index contributed by atoms with van der Waals surface area (Å²) >= 11 is 0. The maximum Gasteiger partial charge on any atom is 0.438 e. The zero-order valence-corrected chi connectivity index (χ0v) is 63.7. The van der Waals surface area contributed by atoms with Gasteiger partial charge >= 0.3 is 5.76 Å². The lowest BCUT2D eigenvalue weighted by Crippen LogP contribution is -2.61. The van der Waals surface area contributed by atoms with Crippen molar-refractivity contribution in [2.24, 2.45) is 35.5 Å². The van der Waals surface area contributed by atoms with Gasteiger partial charge < -0.3 is 60.5 Å². The molecule has 1 unspecified atom stereocenters. The molecule has 12 amide bonds. The molecule has 0 bridgehead atoms. The number of rotatable bonds is 20. The van der Waals surface area contributed by atoms with Gasteiger partial charge in [0.1, 0.15) is 54.4 Å². The number of carbonyl (C=O) groups is 12. The zero-order valence-electron chi connectivity index (χ0n) is 63.7. The number of nitrogens with one attached hydrogen (secondary N) is 5. The summed E-state index contributed by atoms with van der Waals surface area (Å²) in [6.45, 7) is 23.5. The third kappa shape index (κ3) is 25.7. The van der Waals surface area contributed by atoms with Gasteiger partial charge in [-0.2, -0.15) is 0 Å². The first kappa shape index (κ1) is 85.2. The van der Waals surface area contributed by atoms with Gasteiger partial charge in [-0.25, -0.2) is 4.79 Å². The van der Waals surface area contributed by atoms with Crippen LogP contribution in [0.5, 0.6) is 0 Å². The van der Waals surface area contributed by atoms with E-state index in [0.717, 1.165) is 11.3 Å². The fourth-order valence-corrected chi connectivity index (χ4v) is 12.8. The third-order valence-electron chi connectivity index (χ3n) is 18.9. The summed E-state index contributed by atoms with van der Waals surface area (Å²) < 4.78 is 4.77. The molecule has 2 aromatic rings. The second-order valence-electron chi connectivity index (χ2n) is 30.2. The number of benzene rings is 1. The highest BCUT2D eigenvalue weighted by Crippen LogP contribution is 2.24. The number of H-pyrrole nitrogens is 1. The lowest BCUT2D eigenvalue weighted by molar-refractivity contribution is -0.151. The van der Waals surface area contributed by atoms with Gasteiger partial charge in [-0.3, -0.25) is 67.0 Å². The molecule has 0 saturated carbocycles. The van der Waals surface area contributed by atoms with Crippen LogP contribution in [0.3, 0.4) is 0 Å². The van der Waals surface area contributed by atoms with Gasteiger partial charge in [-0.05, 0) is 105 Å². The van der Waals surface area contributed by atoms with Crippen molar-refractivity contribution in [1.82, 2.24) is 70.6 Å². The lowest BCUT2D eigenvalue weighted by atomic mass is 9.96. The van der Waals surface area contributed by atoms with Crippen molar-refractivity contribution in [3.63, 3.8) is 0 Å². The van der Waals surface area contributed by atoms with Crippen LogP contribution in [0.2, 0.25) is 0 Å². The number of aromatic nitrogens is 2. The standard InChI is InChI=1S/C73H120N14O14/c1-20-21-32-87-43-62(90)82(16)58(40-50-28-24-22-25-29-50)71(98)84(18)56(38-47(8)9)66(93)75-52(35-44(2)3)68(95)83(17)55(37-46(6)7)65(92)76-53(70(97)86-33-26-23-27-34-86)41-60(88)80(14)42-61(89)81(15)54(36-45(4)5)67(94)78-63(49(12)13)72(99)85(19)57(39-48(10)11)64(91)74-51(69(87)96)30-31-59-77-73(100)101-79-59/h22,24-25,28-29,44-49,51-58,63H,20-21,23,26-27,30-43H2,1-19H3,(H,74,91)(H,75,93)(H,76,92)(H,78,94)(H,77,79,100)/t51?,52-,53-,54-,55-,56-,57-,58-,63-/m0/s1. The second kappa shape index (κ2) is 40.4. The Morgan fingerprint density at radius 1 is 0.515 bits per heavy atom. The molecule has 5 N–H and O–H groups in total. The SMILES string of the molecule is CCCCN1CC(=O)N(C)[C@@H](Cc2ccccc2)C(=O)N(C)[C@@H](CC(C)C)C(=O)N[C@@H](CC(C)C)C(=O)N(C)[C@@H](CC(C)C)C(=O)N[C@H](C(=O)N2CCCCC2)CC(=O)N(C)CC(=O)N(C)[C@@H](CC(C)C)C(=O)N[C@@H](C(C)C)C(=O)N(C)[C@@H](CC(C)C)C(=O)NC(CCc2noc(=O)[nH]2)C1=O. The van der Waals surface area contributed by atoms with Gasteiger partial charge in [0, 0.05) is 74.8 Å². The van der Waals surface area contributed by atoms with Crippen molar-refractivity contribution in [2.75, 3.05) is 75.0 Å². The summed E-state index contributed by atoms with van der Waals surface area (Å²) in [5.74, 6) is -10.4. The Labute approximate surface area is 598 Å². The Balaban J connectivity index is 1.99. The zero-order chi connectivity index (χ0) is 75.9. The van der Waals surface area contributed by atoms with Crippen LogP contribution in [0.15, 0.2) is 39.6 Å². The summed E-state index contributed by atoms with van der Waals surface area (Å²) in [5.41, 5.74) is 0.665. The fourth-order valence-electron chi connectivity index (χ4n) is 12.8. The van der Waals surface area contributed by atoms with Gasteiger partial charge in [0.15, 0.2) is 5.82 Å². The molecule has 2 fully saturated rings. The largest absolute Gasteiger partial charge is 0.438 e. The Kier molecular flexibility index (Phi) is 34.1. The van der Waals surface area contributed by atoms with Crippen molar-refractivity contribution < 1.29 is 62.1 Å². The maximum atomic E-state index is 15.5. The van der Waals surface area contributed by atoms with Gasteiger partial charge in [-0.15, -0.1) is 0 Å². The number of nitrogens with zero attached hydrogens (tertiary/aromatic N) is 9. The first-order valence-electron chi connectivity index (χ1n) is 36.3. The van der Waals surface area contributed by atoms with E-state index >= 15 is 38.4 Å². The number of piperidine rings is 1. The molecule has 101 heavy (non-hydrogen) atoms. The van der Waals surface area contributed by atoms with Crippen LogP contribution in [-0.2, 0) is 70.4 Å². The highest BCUT2D eigenvalue weighted by Gasteiger charge is 2.43. The quantitative estimate of drug-likeness (QED) is 0.125. The fraction of sp³-hybridized carbons (Fsp3) is 0.726. The van der Waals surface area contributed by atoms with Gasteiger partial charge in [0.2, 0.25) is 70.9 Å². The predicted molar refractivity (Wildman–Crippen MR) is 382 cm³/mol. The van der Waals surface area contributed by atoms with E-state index in [4.69, 9.17) is 4.52 Å². The molecule has 2 aliphatic rings. The molecule has 2 aliphatic heterocycles. The smallest absolute Gasteiger partial charge is 0.342 e. The minimum Gasteiger partial charge on any atom is -0.342 e. The number of aryl methyl sites for hydroxylation is 1. The third-order valence-corrected chi connectivity index (χ3v) is 18.9. The number of carbonyl (C=O) groups excluding carboxylic acids is 12. The summed E-state index contributed by atoms with van der Waals surface area (Å²) in [4.78, 5) is 205. The van der Waals surface area contributed by atoms with E-state index in [1.165, 1.54) is 71.7 Å². The summed E-state index contributed by atoms with van der Waals surface area (Å²) in [6, 6.07) is -2.63. The minimum absolute atomic E-state index is 0.0141. The van der Waals surface area contributed by atoms with E-state index in [-0.39, 0.29) is 93.3 Å². The second-order valence-corrected chi connectivity index (χ2v) is 30.2. The molecule has 0 spiro atoms. The topological polar surface area (TPSA) is 338 Å². The average Bonchev–Trinajstić information content (AvgIpc) is 0.965. The van der Waals surface area contributed by atoms with Crippen molar-refractivity contribution >= 4 is 70.9 Å². The molecule has 9 atom stereocenters. The van der Waals surface area contributed by atoms with Crippen molar-refractivity contribution in [1.29, 1.82) is 0 Å². The van der Waals surface area contributed by atoms with Crippen LogP contribution < -0.4 is 27.0 Å². The number of unbranched alkanes of at least 4 members (excludes halogenated alkanes) is 1. The molecule has 566 valence electrons. The molecule has 3 heterocycles. The first-order chi connectivity index (χ1) is 47.4. The van der Waals surface area contributed by atoms with Crippen LogP contribution in [0, 0.1) is 35.5 Å². The molecule has 2 saturated heterocycles. The van der Waals surface area contributed by atoms with Crippen LogP contribution in [0.4, 0.5) is 0 Å². The molecule has 28 nitrogen and oxygen atoms in total. The molecule has 1 aromatic heterocycles. The maximum absolute atomic E-state index is 15.5. The molecular formula is C73H120N14O14. The Morgan fingerprint density at radius 2 is 0.980 bits per heavy atom. The Bertz CT molecular complexity index is 3160. The summed E-state index contributed by atoms with van der Waals surface area (Å²) in [7, 11) is 8.55. The highest BCUT2D eigenvalue weighted by molar-refractivity contribution is 6.00. The van der Waals surface area contributed by atoms with E-state index < -0.39 is 156 Å². The molecular weight excluding hydrogens is 1300 g/mol. The van der Waals surface area contributed by atoms with Crippen molar-refractivity contribution in [3.05, 3.63) is 52.3 Å². The number of hydrogen-bond donors (Lipinski definition) is 5. The summed E-state index contributed by atoms with van der Waals surface area (Å²) in [5, 5.41) is 15.4. The molecule has 4 rings (SSSR count). The molecule has 0 radical (unpaired) electrons. The summed E-state index contributed by atoms with van der Waals surface area (Å²) in [6.07, 6.45) is 2.81. The van der Waals surface area contributed by atoms with Crippen molar-refractivity contribution in [3.8, 4) is 0 Å². The van der Waals surface area contributed by atoms with Gasteiger partial charge in [-0.1, -0.05) is 132 Å². The first-order valence-corrected chi connectivity index (χ1v) is 36.3. The van der Waals surface area contributed by atoms with E-state index in [1.807, 2.05) is 76.2 Å². The Morgan fingerprint density at radius 3 is 1.48 bits per heavy atom. The van der Waals surface area contributed by atoms with Crippen LogP contribution in [0.25, 0.3) is 0 Å². The normalized spacial score (nSPS) is 24.0. The van der Waals surface area contributed by atoms with Gasteiger partial charge in [0.25, 0.3) is 0 Å². The number of hydrogen-bond acceptors (Lipinski definition) is 15.